The monoisotopic (exact) mass is 269 g/mol. The zero-order valence-corrected chi connectivity index (χ0v) is 10.5. The molecule has 1 aromatic rings. The molecule has 0 spiro atoms. The lowest BCUT2D eigenvalue weighted by molar-refractivity contribution is -0.140. The Morgan fingerprint density at radius 1 is 1.61 bits per heavy atom. The summed E-state index contributed by atoms with van der Waals surface area (Å²) in [4.78, 5) is 24.3. The molecule has 1 atom stereocenters. The van der Waals surface area contributed by atoms with Crippen molar-refractivity contribution in [1.82, 2.24) is 0 Å². The molecule has 1 unspecified atom stereocenters. The van der Waals surface area contributed by atoms with Crippen molar-refractivity contribution < 1.29 is 19.4 Å². The Kier molecular flexibility index (Phi) is 3.43. The Morgan fingerprint density at radius 3 is 2.94 bits per heavy atom. The highest BCUT2D eigenvalue weighted by Gasteiger charge is 2.34. The highest BCUT2D eigenvalue weighted by Crippen LogP contribution is 2.36. The summed E-state index contributed by atoms with van der Waals surface area (Å²) >= 11 is 5.88. The predicted octanol–water partition coefficient (Wildman–Crippen LogP) is 1.93. The van der Waals surface area contributed by atoms with Crippen molar-refractivity contribution in [3.63, 3.8) is 0 Å². The van der Waals surface area contributed by atoms with Gasteiger partial charge < -0.3 is 9.84 Å². The molecule has 1 aromatic carbocycles. The first-order chi connectivity index (χ1) is 8.54. The van der Waals surface area contributed by atoms with Crippen LogP contribution in [0.5, 0.6) is 5.75 Å². The minimum atomic E-state index is -1.04. The number of carboxylic acids is 1. The molecule has 1 N–H and O–H groups in total. The molecule has 0 aromatic heterocycles. The molecule has 1 aliphatic heterocycles. The molecule has 0 aliphatic carbocycles. The van der Waals surface area contributed by atoms with E-state index in [-0.39, 0.29) is 12.5 Å². The number of rotatable bonds is 3. The first-order valence-corrected chi connectivity index (χ1v) is 5.89. The Labute approximate surface area is 109 Å². The van der Waals surface area contributed by atoms with Crippen molar-refractivity contribution in [3.05, 3.63) is 23.2 Å². The topological polar surface area (TPSA) is 66.8 Å². The van der Waals surface area contributed by atoms with E-state index >= 15 is 0 Å². The van der Waals surface area contributed by atoms with Crippen LogP contribution >= 0.6 is 11.6 Å². The number of nitrogens with zero attached hydrogens (tertiary/aromatic N) is 1. The van der Waals surface area contributed by atoms with Gasteiger partial charge in [-0.25, -0.2) is 4.79 Å². The Hall–Kier alpha value is -1.75. The van der Waals surface area contributed by atoms with Crippen LogP contribution < -0.4 is 9.64 Å². The molecule has 2 rings (SSSR count). The molecule has 6 heteroatoms. The van der Waals surface area contributed by atoms with Crippen LogP contribution in [0, 0.1) is 0 Å². The first-order valence-electron chi connectivity index (χ1n) is 5.51. The number of carboxylic acid groups (broad SMARTS) is 1. The number of amides is 1. The Morgan fingerprint density at radius 2 is 2.33 bits per heavy atom. The van der Waals surface area contributed by atoms with Gasteiger partial charge in [0.25, 0.3) is 5.91 Å². The van der Waals surface area contributed by atoms with Gasteiger partial charge in [0, 0.05) is 5.02 Å². The van der Waals surface area contributed by atoms with Crippen molar-refractivity contribution in [2.24, 2.45) is 0 Å². The molecular formula is C12H12ClNO4. The zero-order valence-electron chi connectivity index (χ0n) is 9.72. The zero-order chi connectivity index (χ0) is 13.3. The van der Waals surface area contributed by atoms with Crippen molar-refractivity contribution in [2.45, 2.75) is 19.4 Å². The molecule has 1 heterocycles. The van der Waals surface area contributed by atoms with Crippen molar-refractivity contribution in [2.75, 3.05) is 11.5 Å². The first kappa shape index (κ1) is 12.7. The van der Waals surface area contributed by atoms with Crippen molar-refractivity contribution >= 4 is 29.2 Å². The van der Waals surface area contributed by atoms with Crippen LogP contribution in [0.15, 0.2) is 18.2 Å². The van der Waals surface area contributed by atoms with E-state index in [4.69, 9.17) is 16.3 Å². The number of halogens is 1. The van der Waals surface area contributed by atoms with Gasteiger partial charge in [0.05, 0.1) is 5.69 Å². The largest absolute Gasteiger partial charge is 0.482 e. The van der Waals surface area contributed by atoms with Crippen LogP contribution in [0.2, 0.25) is 5.02 Å². The molecule has 0 bridgehead atoms. The van der Waals surface area contributed by atoms with Gasteiger partial charge in [0.2, 0.25) is 0 Å². The molecule has 18 heavy (non-hydrogen) atoms. The van der Waals surface area contributed by atoms with E-state index < -0.39 is 12.0 Å². The minimum Gasteiger partial charge on any atom is -0.482 e. The van der Waals surface area contributed by atoms with Crippen LogP contribution in [0.4, 0.5) is 5.69 Å². The fourth-order valence-electron chi connectivity index (χ4n) is 1.95. The lowest BCUT2D eigenvalue weighted by Crippen LogP contribution is -2.49. The van der Waals surface area contributed by atoms with E-state index in [1.807, 2.05) is 0 Å². The lowest BCUT2D eigenvalue weighted by atomic mass is 10.1. The molecule has 5 nitrogen and oxygen atoms in total. The van der Waals surface area contributed by atoms with Crippen molar-refractivity contribution in [3.8, 4) is 5.75 Å². The number of anilines is 1. The fourth-order valence-corrected chi connectivity index (χ4v) is 2.12. The summed E-state index contributed by atoms with van der Waals surface area (Å²) in [6.45, 7) is 1.56. The van der Waals surface area contributed by atoms with Gasteiger partial charge in [-0.1, -0.05) is 18.5 Å². The van der Waals surface area contributed by atoms with Crippen LogP contribution in [0.1, 0.15) is 13.3 Å². The van der Waals surface area contributed by atoms with Crippen LogP contribution in [-0.4, -0.2) is 29.6 Å². The predicted molar refractivity (Wildman–Crippen MR) is 66.1 cm³/mol. The maximum absolute atomic E-state index is 11.9. The van der Waals surface area contributed by atoms with Gasteiger partial charge in [-0.2, -0.15) is 0 Å². The normalized spacial score (nSPS) is 15.9. The maximum Gasteiger partial charge on any atom is 0.326 e. The Balaban J connectivity index is 2.50. The third-order valence-electron chi connectivity index (χ3n) is 2.78. The van der Waals surface area contributed by atoms with E-state index in [1.54, 1.807) is 25.1 Å². The summed E-state index contributed by atoms with van der Waals surface area (Å²) in [5, 5.41) is 9.60. The van der Waals surface area contributed by atoms with E-state index in [2.05, 4.69) is 0 Å². The summed E-state index contributed by atoms with van der Waals surface area (Å²) < 4.78 is 5.25. The molecule has 1 aliphatic rings. The SMILES string of the molecule is CCC(C(=O)O)N1C(=O)COc2ccc(Cl)cc21. The summed E-state index contributed by atoms with van der Waals surface area (Å²) in [5.41, 5.74) is 0.410. The second-order valence-corrected chi connectivity index (χ2v) is 4.36. The number of benzene rings is 1. The molecular weight excluding hydrogens is 258 g/mol. The number of carbonyl (C=O) groups is 2. The van der Waals surface area contributed by atoms with Crippen molar-refractivity contribution in [1.29, 1.82) is 0 Å². The Bertz CT molecular complexity index is 503. The number of hydrogen-bond acceptors (Lipinski definition) is 3. The number of carbonyl (C=O) groups excluding carboxylic acids is 1. The van der Waals surface area contributed by atoms with Crippen LogP contribution in [0.3, 0.4) is 0 Å². The number of aliphatic carboxylic acids is 1. The van der Waals surface area contributed by atoms with E-state index in [0.29, 0.717) is 22.9 Å². The molecule has 96 valence electrons. The second-order valence-electron chi connectivity index (χ2n) is 3.93. The van der Waals surface area contributed by atoms with Crippen LogP contribution in [-0.2, 0) is 9.59 Å². The number of ether oxygens (including phenoxy) is 1. The summed E-state index contributed by atoms with van der Waals surface area (Å²) in [7, 11) is 0. The van der Waals surface area contributed by atoms with Gasteiger partial charge in [0.1, 0.15) is 11.8 Å². The lowest BCUT2D eigenvalue weighted by Gasteiger charge is -2.33. The van der Waals surface area contributed by atoms with Gasteiger partial charge in [-0.15, -0.1) is 0 Å². The van der Waals surface area contributed by atoms with Gasteiger partial charge in [-0.3, -0.25) is 9.69 Å². The third-order valence-corrected chi connectivity index (χ3v) is 3.02. The average molecular weight is 270 g/mol. The third kappa shape index (κ3) is 2.13. The number of fused-ring (bicyclic) bond motifs is 1. The molecule has 0 fully saturated rings. The van der Waals surface area contributed by atoms with E-state index in [9.17, 15) is 14.7 Å². The van der Waals surface area contributed by atoms with Gasteiger partial charge >= 0.3 is 5.97 Å². The summed E-state index contributed by atoms with van der Waals surface area (Å²) in [6.07, 6.45) is 0.313. The molecule has 0 saturated heterocycles. The van der Waals surface area contributed by atoms with E-state index in [0.717, 1.165) is 0 Å². The number of hydrogen-bond donors (Lipinski definition) is 1. The van der Waals surface area contributed by atoms with Crippen LogP contribution in [0.25, 0.3) is 0 Å². The molecule has 0 radical (unpaired) electrons. The standard InChI is InChI=1S/C12H12ClNO4/c1-2-8(12(16)17)14-9-5-7(13)3-4-10(9)18-6-11(14)15/h3-5,8H,2,6H2,1H3,(H,16,17). The smallest absolute Gasteiger partial charge is 0.326 e. The quantitative estimate of drug-likeness (QED) is 0.910. The van der Waals surface area contributed by atoms with E-state index in [1.165, 1.54) is 4.90 Å². The second kappa shape index (κ2) is 4.86. The molecule has 1 amide bonds. The van der Waals surface area contributed by atoms with Gasteiger partial charge in [0.15, 0.2) is 6.61 Å². The highest BCUT2D eigenvalue weighted by molar-refractivity contribution is 6.31. The average Bonchev–Trinajstić information content (AvgIpc) is 2.32. The maximum atomic E-state index is 11.9. The fraction of sp³-hybridized carbons (Fsp3) is 0.333. The minimum absolute atomic E-state index is 0.154. The van der Waals surface area contributed by atoms with Gasteiger partial charge in [-0.05, 0) is 24.6 Å². The summed E-state index contributed by atoms with van der Waals surface area (Å²) in [6, 6.07) is 3.90. The highest BCUT2D eigenvalue weighted by atomic mass is 35.5. The molecule has 0 saturated carbocycles. The summed E-state index contributed by atoms with van der Waals surface area (Å²) in [5.74, 6) is -0.948.